The van der Waals surface area contributed by atoms with Crippen molar-refractivity contribution in [2.24, 2.45) is 7.05 Å². The minimum Gasteiger partial charge on any atom is -0.266 e. The maximum absolute atomic E-state index is 11.8. The van der Waals surface area contributed by atoms with E-state index in [9.17, 15) is 9.59 Å². The van der Waals surface area contributed by atoms with Crippen molar-refractivity contribution in [1.82, 2.24) is 19.3 Å². The van der Waals surface area contributed by atoms with Gasteiger partial charge >= 0.3 is 5.69 Å². The molecular formula is C9H7BrN4O2. The lowest BCUT2D eigenvalue weighted by atomic mass is 10.4. The van der Waals surface area contributed by atoms with Crippen LogP contribution < -0.4 is 11.2 Å². The van der Waals surface area contributed by atoms with E-state index in [0.717, 1.165) is 9.25 Å². The van der Waals surface area contributed by atoms with E-state index < -0.39 is 11.2 Å². The highest BCUT2D eigenvalue weighted by molar-refractivity contribution is 9.10. The number of nitrogens with zero attached hydrogens (tertiary/aromatic N) is 4. The molecule has 0 aliphatic carbocycles. The molecule has 0 amide bonds. The monoisotopic (exact) mass is 282 g/mol. The van der Waals surface area contributed by atoms with Gasteiger partial charge in [0.15, 0.2) is 4.60 Å². The van der Waals surface area contributed by atoms with Gasteiger partial charge in [-0.3, -0.25) is 14.3 Å². The van der Waals surface area contributed by atoms with E-state index in [2.05, 4.69) is 26.0 Å². The molecule has 0 saturated carbocycles. The van der Waals surface area contributed by atoms with Gasteiger partial charge in [0, 0.05) is 13.2 Å². The Kier molecular flexibility index (Phi) is 2.69. The Morgan fingerprint density at radius 1 is 1.38 bits per heavy atom. The number of aromatic nitrogens is 4. The minimum absolute atomic E-state index is 0.0819. The Labute approximate surface area is 98.3 Å². The highest BCUT2D eigenvalue weighted by Gasteiger charge is 2.09. The standard InChI is InChI=1S/C9H7BrN4O2/c1-13-8(15)7(10)12-14(9(13)16)6-3-2-4-11-5-6/h2-5H,1H3. The summed E-state index contributed by atoms with van der Waals surface area (Å²) in [5.41, 5.74) is -0.477. The molecule has 7 heteroatoms. The minimum atomic E-state index is -0.513. The van der Waals surface area contributed by atoms with Crippen LogP contribution in [-0.4, -0.2) is 19.3 Å². The maximum atomic E-state index is 11.8. The molecule has 0 fully saturated rings. The van der Waals surface area contributed by atoms with E-state index in [1.165, 1.54) is 13.2 Å². The zero-order chi connectivity index (χ0) is 11.7. The zero-order valence-corrected chi connectivity index (χ0v) is 9.88. The van der Waals surface area contributed by atoms with E-state index in [-0.39, 0.29) is 4.60 Å². The average Bonchev–Trinajstić information content (AvgIpc) is 2.32. The van der Waals surface area contributed by atoms with Crippen LogP contribution in [0.1, 0.15) is 0 Å². The maximum Gasteiger partial charge on any atom is 0.352 e. The van der Waals surface area contributed by atoms with Crippen molar-refractivity contribution in [2.75, 3.05) is 0 Å². The average molecular weight is 283 g/mol. The second-order valence-electron chi connectivity index (χ2n) is 3.06. The lowest BCUT2D eigenvalue weighted by molar-refractivity contribution is 0.642. The number of halogens is 1. The van der Waals surface area contributed by atoms with Crippen LogP contribution in [0.15, 0.2) is 38.7 Å². The predicted octanol–water partition coefficient (Wildman–Crippen LogP) is 0.0887. The van der Waals surface area contributed by atoms with Crippen LogP contribution >= 0.6 is 15.9 Å². The molecule has 2 aromatic rings. The van der Waals surface area contributed by atoms with E-state index >= 15 is 0 Å². The first-order valence-electron chi connectivity index (χ1n) is 4.37. The Morgan fingerprint density at radius 2 is 2.12 bits per heavy atom. The molecule has 0 aliphatic heterocycles. The smallest absolute Gasteiger partial charge is 0.266 e. The third kappa shape index (κ3) is 1.69. The van der Waals surface area contributed by atoms with E-state index in [1.807, 2.05) is 0 Å². The number of pyridine rings is 1. The number of rotatable bonds is 1. The molecule has 2 heterocycles. The third-order valence-corrected chi connectivity index (χ3v) is 2.53. The third-order valence-electron chi connectivity index (χ3n) is 2.03. The van der Waals surface area contributed by atoms with Crippen molar-refractivity contribution in [3.8, 4) is 5.69 Å². The van der Waals surface area contributed by atoms with Crippen LogP contribution in [0.3, 0.4) is 0 Å². The highest BCUT2D eigenvalue weighted by Crippen LogP contribution is 2.01. The Bertz CT molecular complexity index is 632. The van der Waals surface area contributed by atoms with Gasteiger partial charge < -0.3 is 0 Å². The fourth-order valence-electron chi connectivity index (χ4n) is 1.19. The van der Waals surface area contributed by atoms with Crippen molar-refractivity contribution >= 4 is 15.9 Å². The molecule has 2 rings (SSSR count). The molecule has 0 saturated heterocycles. The van der Waals surface area contributed by atoms with Crippen molar-refractivity contribution in [1.29, 1.82) is 0 Å². The van der Waals surface area contributed by atoms with Gasteiger partial charge in [0.2, 0.25) is 0 Å². The van der Waals surface area contributed by atoms with Crippen LogP contribution in [0, 0.1) is 0 Å². The van der Waals surface area contributed by atoms with Crippen LogP contribution in [0.5, 0.6) is 0 Å². The molecule has 0 bridgehead atoms. The molecule has 0 spiro atoms. The van der Waals surface area contributed by atoms with Gasteiger partial charge in [-0.2, -0.15) is 9.78 Å². The molecule has 0 radical (unpaired) electrons. The van der Waals surface area contributed by atoms with E-state index in [1.54, 1.807) is 18.3 Å². The zero-order valence-electron chi connectivity index (χ0n) is 8.29. The second-order valence-corrected chi connectivity index (χ2v) is 3.81. The summed E-state index contributed by atoms with van der Waals surface area (Å²) in [6.45, 7) is 0. The number of hydrogen-bond acceptors (Lipinski definition) is 4. The molecule has 0 aromatic carbocycles. The molecule has 0 atom stereocenters. The van der Waals surface area contributed by atoms with Crippen LogP contribution in [-0.2, 0) is 7.05 Å². The molecule has 0 aliphatic rings. The quantitative estimate of drug-likeness (QED) is 0.743. The summed E-state index contributed by atoms with van der Waals surface area (Å²) >= 11 is 3.00. The normalized spacial score (nSPS) is 10.4. The molecule has 0 N–H and O–H groups in total. The van der Waals surface area contributed by atoms with Gasteiger partial charge in [0.1, 0.15) is 0 Å². The van der Waals surface area contributed by atoms with Crippen LogP contribution in [0.4, 0.5) is 0 Å². The number of hydrogen-bond donors (Lipinski definition) is 0. The lowest BCUT2D eigenvalue weighted by Gasteiger charge is -2.05. The highest BCUT2D eigenvalue weighted by atomic mass is 79.9. The van der Waals surface area contributed by atoms with Gasteiger partial charge in [-0.25, -0.2) is 4.79 Å². The van der Waals surface area contributed by atoms with Crippen molar-refractivity contribution in [3.63, 3.8) is 0 Å². The predicted molar refractivity (Wildman–Crippen MR) is 60.6 cm³/mol. The second kappa shape index (κ2) is 4.01. The molecule has 0 unspecified atom stereocenters. The van der Waals surface area contributed by atoms with Crippen LogP contribution in [0.2, 0.25) is 0 Å². The Morgan fingerprint density at radius 3 is 2.75 bits per heavy atom. The van der Waals surface area contributed by atoms with Gasteiger partial charge in [-0.15, -0.1) is 0 Å². The summed E-state index contributed by atoms with van der Waals surface area (Å²) in [6, 6.07) is 3.36. The molecular weight excluding hydrogens is 276 g/mol. The first kappa shape index (κ1) is 10.7. The van der Waals surface area contributed by atoms with Gasteiger partial charge in [0.05, 0.1) is 11.9 Å². The fraction of sp³-hybridized carbons (Fsp3) is 0.111. The van der Waals surface area contributed by atoms with E-state index in [4.69, 9.17) is 0 Å². The molecule has 16 heavy (non-hydrogen) atoms. The van der Waals surface area contributed by atoms with E-state index in [0.29, 0.717) is 5.69 Å². The molecule has 6 nitrogen and oxygen atoms in total. The van der Waals surface area contributed by atoms with Gasteiger partial charge in [-0.05, 0) is 28.1 Å². The molecule has 82 valence electrons. The lowest BCUT2D eigenvalue weighted by Crippen LogP contribution is -2.39. The summed E-state index contributed by atoms with van der Waals surface area (Å²) in [6.07, 6.45) is 3.08. The SMILES string of the molecule is Cn1c(=O)c(Br)nn(-c2cccnc2)c1=O. The van der Waals surface area contributed by atoms with Crippen LogP contribution in [0.25, 0.3) is 5.69 Å². The topological polar surface area (TPSA) is 69.8 Å². The summed E-state index contributed by atoms with van der Waals surface area (Å²) in [7, 11) is 1.39. The van der Waals surface area contributed by atoms with Crippen molar-refractivity contribution in [3.05, 3.63) is 50.0 Å². The first-order valence-corrected chi connectivity index (χ1v) is 5.17. The summed E-state index contributed by atoms with van der Waals surface area (Å²) in [4.78, 5) is 27.0. The van der Waals surface area contributed by atoms with Crippen molar-refractivity contribution < 1.29 is 0 Å². The Balaban J connectivity index is 2.78. The fourth-order valence-corrected chi connectivity index (χ4v) is 1.61. The summed E-state index contributed by atoms with van der Waals surface area (Å²) in [5, 5.41) is 3.85. The Hall–Kier alpha value is -1.76. The largest absolute Gasteiger partial charge is 0.352 e. The van der Waals surface area contributed by atoms with Gasteiger partial charge in [-0.1, -0.05) is 0 Å². The summed E-state index contributed by atoms with van der Waals surface area (Å²) in [5.74, 6) is 0. The van der Waals surface area contributed by atoms with Gasteiger partial charge in [0.25, 0.3) is 5.56 Å². The summed E-state index contributed by atoms with van der Waals surface area (Å²) < 4.78 is 2.17. The first-order chi connectivity index (χ1) is 7.61. The van der Waals surface area contributed by atoms with Crippen molar-refractivity contribution in [2.45, 2.75) is 0 Å². The molecule has 2 aromatic heterocycles.